The van der Waals surface area contributed by atoms with Gasteiger partial charge < -0.3 is 38.5 Å². The van der Waals surface area contributed by atoms with E-state index in [9.17, 15) is 14.4 Å². The van der Waals surface area contributed by atoms with Crippen LogP contribution < -0.4 is 5.32 Å². The highest BCUT2D eigenvalue weighted by atomic mass is 32.2. The Balaban J connectivity index is 0.0000122. The van der Waals surface area contributed by atoms with Crippen molar-refractivity contribution in [3.05, 3.63) is 0 Å². The summed E-state index contributed by atoms with van der Waals surface area (Å²) in [6.07, 6.45) is 4.26. The maximum absolute atomic E-state index is 11.9. The molecule has 11 heteroatoms. The summed E-state index contributed by atoms with van der Waals surface area (Å²) in [5.74, 6) is 0.717. The van der Waals surface area contributed by atoms with Crippen LogP contribution in [0.3, 0.4) is 0 Å². The lowest BCUT2D eigenvalue weighted by Gasteiger charge is -2.28. The molecule has 0 heterocycles. The van der Waals surface area contributed by atoms with Gasteiger partial charge in [-0.25, -0.2) is 4.79 Å². The predicted molar refractivity (Wildman–Crippen MR) is 135 cm³/mol. The highest BCUT2D eigenvalue weighted by Gasteiger charge is 2.22. The molecule has 35 heavy (non-hydrogen) atoms. The second-order valence-electron chi connectivity index (χ2n) is 8.08. The van der Waals surface area contributed by atoms with Gasteiger partial charge >= 0.3 is 12.1 Å². The van der Waals surface area contributed by atoms with E-state index in [4.69, 9.17) is 28.4 Å². The number of alkyl carbamates (subject to hydrolysis) is 1. The van der Waals surface area contributed by atoms with E-state index in [1.807, 2.05) is 11.8 Å². The van der Waals surface area contributed by atoms with E-state index in [0.717, 1.165) is 36.7 Å². The normalized spacial score (nSPS) is 17.7. The van der Waals surface area contributed by atoms with Gasteiger partial charge in [-0.1, -0.05) is 6.92 Å². The Kier molecular flexibility index (Phi) is 19.7. The van der Waals surface area contributed by atoms with Crippen LogP contribution in [0.15, 0.2) is 0 Å². The first-order valence-corrected chi connectivity index (χ1v) is 13.6. The van der Waals surface area contributed by atoms with Gasteiger partial charge in [0, 0.05) is 19.1 Å². The van der Waals surface area contributed by atoms with Gasteiger partial charge in [0.05, 0.1) is 59.3 Å². The molecule has 0 aromatic heterocycles. The summed E-state index contributed by atoms with van der Waals surface area (Å²) in [6.45, 7) is 7.14. The Morgan fingerprint density at radius 2 is 1.23 bits per heavy atom. The zero-order valence-corrected chi connectivity index (χ0v) is 22.1. The van der Waals surface area contributed by atoms with E-state index >= 15 is 0 Å². The summed E-state index contributed by atoms with van der Waals surface area (Å²) in [6, 6.07) is 0.216. The summed E-state index contributed by atoms with van der Waals surface area (Å²) >= 11 is 2.01. The van der Waals surface area contributed by atoms with Crippen molar-refractivity contribution in [3.8, 4) is 0 Å². The van der Waals surface area contributed by atoms with E-state index < -0.39 is 5.97 Å². The van der Waals surface area contributed by atoms with Crippen molar-refractivity contribution in [2.45, 2.75) is 63.7 Å². The number of rotatable bonds is 21. The minimum absolute atomic E-state index is 0. The number of carbonyl (C=O) groups excluding carboxylic acids is 3. The van der Waals surface area contributed by atoms with Crippen molar-refractivity contribution in [1.82, 2.24) is 5.32 Å². The number of esters is 1. The SMILES string of the molecule is CCSC1CCC(NC(=O)OCCOCCOCCOCCOCCOC(=O)CCC(C)=O)CC1.[HH]. The summed E-state index contributed by atoms with van der Waals surface area (Å²) in [4.78, 5) is 33.9. The summed E-state index contributed by atoms with van der Waals surface area (Å²) < 4.78 is 31.6. The van der Waals surface area contributed by atoms with Gasteiger partial charge in [-0.15, -0.1) is 0 Å². The summed E-state index contributed by atoms with van der Waals surface area (Å²) in [5, 5.41) is 3.67. The van der Waals surface area contributed by atoms with Crippen molar-refractivity contribution in [1.29, 1.82) is 0 Å². The first-order valence-electron chi connectivity index (χ1n) is 12.5. The second-order valence-corrected chi connectivity index (χ2v) is 9.66. The Labute approximate surface area is 214 Å². The number of Topliss-reactive ketones (excluding diaryl/α,β-unsaturated/α-hetero) is 1. The molecule has 0 unspecified atom stereocenters. The highest BCUT2D eigenvalue weighted by Crippen LogP contribution is 2.28. The van der Waals surface area contributed by atoms with Crippen molar-refractivity contribution < 1.29 is 44.2 Å². The Hall–Kier alpha value is -1.40. The van der Waals surface area contributed by atoms with Crippen molar-refractivity contribution in [2.24, 2.45) is 0 Å². The molecule has 0 radical (unpaired) electrons. The smallest absolute Gasteiger partial charge is 0.407 e. The fraction of sp³-hybridized carbons (Fsp3) is 0.875. The predicted octanol–water partition coefficient (Wildman–Crippen LogP) is 3.00. The zero-order chi connectivity index (χ0) is 25.6. The average molecular weight is 524 g/mol. The lowest BCUT2D eigenvalue weighted by atomic mass is 9.95. The molecule has 0 saturated heterocycles. The molecule has 206 valence electrons. The lowest BCUT2D eigenvalue weighted by molar-refractivity contribution is -0.146. The van der Waals surface area contributed by atoms with E-state index in [1.165, 1.54) is 6.92 Å². The quantitative estimate of drug-likeness (QED) is 0.178. The molecule has 1 aliphatic rings. The topological polar surface area (TPSA) is 119 Å². The van der Waals surface area contributed by atoms with Gasteiger partial charge in [0.2, 0.25) is 0 Å². The van der Waals surface area contributed by atoms with E-state index in [2.05, 4.69) is 12.2 Å². The molecule has 1 N–H and O–H groups in total. The highest BCUT2D eigenvalue weighted by molar-refractivity contribution is 7.99. The van der Waals surface area contributed by atoms with Crippen molar-refractivity contribution >= 4 is 29.6 Å². The van der Waals surface area contributed by atoms with Crippen LogP contribution >= 0.6 is 11.8 Å². The van der Waals surface area contributed by atoms with Crippen LogP contribution in [0.1, 0.15) is 53.8 Å². The number of hydrogen-bond acceptors (Lipinski definition) is 10. The first-order chi connectivity index (χ1) is 17.0. The molecular formula is C24H45NO9S. The fourth-order valence-corrected chi connectivity index (χ4v) is 4.41. The molecular weight excluding hydrogens is 478 g/mol. The minimum atomic E-state index is -0.395. The number of amides is 1. The van der Waals surface area contributed by atoms with E-state index in [0.29, 0.717) is 46.2 Å². The number of thioether (sulfide) groups is 1. The first kappa shape index (κ1) is 31.6. The van der Waals surface area contributed by atoms with E-state index in [1.54, 1.807) is 0 Å². The number of nitrogens with one attached hydrogen (secondary N) is 1. The van der Waals surface area contributed by atoms with Crippen molar-refractivity contribution in [2.75, 3.05) is 71.8 Å². The van der Waals surface area contributed by atoms with Crippen LogP contribution in [0.5, 0.6) is 0 Å². The van der Waals surface area contributed by atoms with Crippen LogP contribution in [0, 0.1) is 0 Å². The molecule has 1 fully saturated rings. The molecule has 0 atom stereocenters. The summed E-state index contributed by atoms with van der Waals surface area (Å²) in [5.41, 5.74) is 0. The van der Waals surface area contributed by atoms with Crippen LogP contribution in [0.25, 0.3) is 0 Å². The van der Waals surface area contributed by atoms with Gasteiger partial charge in [0.15, 0.2) is 0 Å². The summed E-state index contributed by atoms with van der Waals surface area (Å²) in [7, 11) is 0. The third kappa shape index (κ3) is 19.5. The molecule has 1 amide bonds. The number of ketones is 1. The van der Waals surface area contributed by atoms with E-state index in [-0.39, 0.29) is 52.0 Å². The molecule has 1 aliphatic carbocycles. The maximum atomic E-state index is 11.9. The molecule has 0 spiro atoms. The van der Waals surface area contributed by atoms with Gasteiger partial charge in [-0.3, -0.25) is 4.79 Å². The van der Waals surface area contributed by atoms with Crippen molar-refractivity contribution in [3.63, 3.8) is 0 Å². The molecule has 1 saturated carbocycles. The lowest BCUT2D eigenvalue weighted by Crippen LogP contribution is -2.38. The fourth-order valence-electron chi connectivity index (χ4n) is 3.34. The molecule has 10 nitrogen and oxygen atoms in total. The maximum Gasteiger partial charge on any atom is 0.407 e. The monoisotopic (exact) mass is 523 g/mol. The van der Waals surface area contributed by atoms with Gasteiger partial charge in [-0.05, 0) is 38.4 Å². The molecule has 0 aliphatic heterocycles. The average Bonchev–Trinajstić information content (AvgIpc) is 2.83. The number of carbonyl (C=O) groups is 3. The third-order valence-electron chi connectivity index (χ3n) is 5.15. The van der Waals surface area contributed by atoms with Gasteiger partial charge in [-0.2, -0.15) is 11.8 Å². The Morgan fingerprint density at radius 3 is 1.71 bits per heavy atom. The molecule has 1 rings (SSSR count). The van der Waals surface area contributed by atoms with Crippen LogP contribution in [-0.2, 0) is 38.0 Å². The van der Waals surface area contributed by atoms with Crippen LogP contribution in [0.4, 0.5) is 4.79 Å². The molecule has 0 bridgehead atoms. The minimum Gasteiger partial charge on any atom is -0.463 e. The number of hydrogen-bond donors (Lipinski definition) is 1. The Morgan fingerprint density at radius 1 is 0.743 bits per heavy atom. The molecule has 0 aromatic carbocycles. The van der Waals surface area contributed by atoms with Crippen LogP contribution in [-0.4, -0.2) is 101 Å². The standard InChI is InChI=1S/C24H43NO9S.H2/c1-3-35-22-7-5-21(6-8-22)25-24(28)34-19-17-32-15-13-30-11-10-29-12-14-31-16-18-33-23(27)9-4-20(2)26;/h21-22H,3-19H2,1-2H3,(H,25,28);1H. The Bertz CT molecular complexity index is 578. The van der Waals surface area contributed by atoms with Crippen LogP contribution in [0.2, 0.25) is 0 Å². The number of ether oxygens (including phenoxy) is 6. The third-order valence-corrected chi connectivity index (χ3v) is 6.42. The largest absolute Gasteiger partial charge is 0.463 e. The molecule has 0 aromatic rings. The van der Waals surface area contributed by atoms with Gasteiger partial charge in [0.25, 0.3) is 0 Å². The second kappa shape index (κ2) is 21.8. The zero-order valence-electron chi connectivity index (χ0n) is 21.3. The van der Waals surface area contributed by atoms with Gasteiger partial charge in [0.1, 0.15) is 19.0 Å².